The molecule has 0 radical (unpaired) electrons. The molecule has 0 aliphatic heterocycles. The van der Waals surface area contributed by atoms with Crippen LogP contribution in [0.3, 0.4) is 0 Å². The Balaban J connectivity index is 5.86. The Labute approximate surface area is 195 Å². The summed E-state index contributed by atoms with van der Waals surface area (Å²) in [6.07, 6.45) is 3.03. The highest BCUT2D eigenvalue weighted by atomic mass is 16.5. The van der Waals surface area contributed by atoms with Crippen LogP contribution in [0, 0.1) is 11.8 Å². The molecule has 0 spiro atoms. The summed E-state index contributed by atoms with van der Waals surface area (Å²) in [5, 5.41) is 6.43. The van der Waals surface area contributed by atoms with Crippen LogP contribution >= 0.6 is 0 Å². The molecule has 0 heterocycles. The Kier molecular flexibility index (Phi) is 12.8. The molecule has 7 nitrogen and oxygen atoms in total. The van der Waals surface area contributed by atoms with E-state index in [1.165, 1.54) is 0 Å². The molecule has 0 saturated carbocycles. The zero-order valence-electron chi connectivity index (χ0n) is 22.2. The molecule has 186 valence electrons. The van der Waals surface area contributed by atoms with Crippen LogP contribution in [-0.2, 0) is 19.1 Å². The van der Waals surface area contributed by atoms with E-state index in [4.69, 9.17) is 4.74 Å². The molecule has 0 bridgehead atoms. The molecule has 0 aromatic carbocycles. The molecule has 0 saturated heterocycles. The average molecular weight is 454 g/mol. The average Bonchev–Trinajstić information content (AvgIpc) is 2.72. The lowest BCUT2D eigenvalue weighted by Gasteiger charge is -2.38. The van der Waals surface area contributed by atoms with E-state index < -0.39 is 11.6 Å². The quantitative estimate of drug-likeness (QED) is 0.328. The van der Waals surface area contributed by atoms with Gasteiger partial charge in [-0.05, 0) is 52.4 Å². The van der Waals surface area contributed by atoms with Gasteiger partial charge in [0.2, 0.25) is 11.8 Å². The van der Waals surface area contributed by atoms with Gasteiger partial charge in [-0.15, -0.1) is 0 Å². The summed E-state index contributed by atoms with van der Waals surface area (Å²) >= 11 is 0. The van der Waals surface area contributed by atoms with Gasteiger partial charge in [-0.3, -0.25) is 9.59 Å². The fraction of sp³-hybridized carbons (Fsp3) is 0.800. The lowest BCUT2D eigenvalue weighted by Crippen LogP contribution is -2.63. The summed E-state index contributed by atoms with van der Waals surface area (Å²) < 4.78 is 5.08. The van der Waals surface area contributed by atoms with Crippen molar-refractivity contribution in [1.29, 1.82) is 0 Å². The second kappa shape index (κ2) is 13.6. The van der Waals surface area contributed by atoms with E-state index in [2.05, 4.69) is 10.6 Å². The minimum Gasteiger partial charge on any atom is -0.463 e. The van der Waals surface area contributed by atoms with Gasteiger partial charge in [-0.25, -0.2) is 4.79 Å². The monoisotopic (exact) mass is 453 g/mol. The number of nitrogens with zero attached hydrogens (tertiary/aromatic N) is 1. The lowest BCUT2D eigenvalue weighted by molar-refractivity contribution is -0.140. The zero-order chi connectivity index (χ0) is 25.2. The van der Waals surface area contributed by atoms with Crippen LogP contribution in [0.15, 0.2) is 11.6 Å². The molecule has 2 atom stereocenters. The molecule has 2 N–H and O–H groups in total. The number of amides is 2. The largest absolute Gasteiger partial charge is 0.463 e. The van der Waals surface area contributed by atoms with Crippen LogP contribution in [0.4, 0.5) is 0 Å². The van der Waals surface area contributed by atoms with Gasteiger partial charge >= 0.3 is 5.97 Å². The van der Waals surface area contributed by atoms with Crippen LogP contribution < -0.4 is 10.6 Å². The van der Waals surface area contributed by atoms with Crippen LogP contribution in [0.25, 0.3) is 0 Å². The zero-order valence-corrected chi connectivity index (χ0v) is 22.2. The van der Waals surface area contributed by atoms with Gasteiger partial charge in [-0.1, -0.05) is 47.6 Å². The first-order valence-corrected chi connectivity index (χ1v) is 12.0. The maximum atomic E-state index is 13.5. The predicted molar refractivity (Wildman–Crippen MR) is 130 cm³/mol. The first-order chi connectivity index (χ1) is 14.8. The summed E-state index contributed by atoms with van der Waals surface area (Å²) in [5.74, 6) is -0.739. The molecule has 0 rings (SSSR count). The highest BCUT2D eigenvalue weighted by molar-refractivity contribution is 5.92. The summed E-state index contributed by atoms with van der Waals surface area (Å²) in [5.41, 5.74) is -0.259. The maximum Gasteiger partial charge on any atom is 0.333 e. The number of nitrogens with one attached hydrogen (secondary N) is 2. The molecule has 0 aliphatic rings. The first kappa shape index (κ1) is 30.1. The fourth-order valence-corrected chi connectivity index (χ4v) is 3.87. The fourth-order valence-electron chi connectivity index (χ4n) is 3.87. The van der Waals surface area contributed by atoms with Gasteiger partial charge in [0.1, 0.15) is 6.04 Å². The summed E-state index contributed by atoms with van der Waals surface area (Å²) in [6, 6.07) is -0.838. The smallest absolute Gasteiger partial charge is 0.333 e. The minimum atomic E-state index is -0.724. The van der Waals surface area contributed by atoms with Crippen LogP contribution in [0.2, 0.25) is 0 Å². The third kappa shape index (κ3) is 8.23. The normalized spacial score (nSPS) is 14.5. The summed E-state index contributed by atoms with van der Waals surface area (Å²) in [4.78, 5) is 40.6. The van der Waals surface area contributed by atoms with Crippen molar-refractivity contribution in [1.82, 2.24) is 15.5 Å². The third-order valence-electron chi connectivity index (χ3n) is 5.92. The maximum absolute atomic E-state index is 13.5. The number of rotatable bonds is 13. The summed E-state index contributed by atoms with van der Waals surface area (Å²) in [7, 11) is 1.72. The van der Waals surface area contributed by atoms with E-state index in [9.17, 15) is 14.4 Å². The predicted octanol–water partition coefficient (Wildman–Crippen LogP) is 3.68. The van der Waals surface area contributed by atoms with Crippen molar-refractivity contribution in [3.63, 3.8) is 0 Å². The number of hydrogen-bond donors (Lipinski definition) is 2. The standard InChI is InChI=1S/C25H47N3O4/c1-12-25(13-2,27-18(8)9)24(31)26-21(17(6)7)22(29)28(11)20(16(4)5)15-19(10)23(30)32-14-3/h15-18,20-21,27H,12-14H2,1-11H3,(H,26,31)/b19-15+/t20-,21+/m1/s1. The molecular formula is C25H47N3O4. The molecular weight excluding hydrogens is 406 g/mol. The lowest BCUT2D eigenvalue weighted by atomic mass is 9.89. The molecule has 0 aromatic heterocycles. The minimum absolute atomic E-state index is 0.0739. The number of carbonyl (C=O) groups excluding carboxylic acids is 3. The van der Waals surface area contributed by atoms with E-state index in [0.29, 0.717) is 25.0 Å². The summed E-state index contributed by atoms with van der Waals surface area (Å²) in [6.45, 7) is 19.6. The Morgan fingerprint density at radius 3 is 1.88 bits per heavy atom. The third-order valence-corrected chi connectivity index (χ3v) is 5.92. The topological polar surface area (TPSA) is 87.7 Å². The van der Waals surface area contributed by atoms with Crippen LogP contribution in [-0.4, -0.2) is 60.0 Å². The van der Waals surface area contributed by atoms with Crippen LogP contribution in [0.1, 0.15) is 82.1 Å². The van der Waals surface area contributed by atoms with Gasteiger partial charge in [0.25, 0.3) is 0 Å². The van der Waals surface area contributed by atoms with Crippen molar-refractivity contribution in [3.05, 3.63) is 11.6 Å². The number of likely N-dealkylation sites (N-methyl/N-ethyl adjacent to an activating group) is 1. The molecule has 0 unspecified atom stereocenters. The van der Waals surface area contributed by atoms with E-state index >= 15 is 0 Å². The van der Waals surface area contributed by atoms with Crippen molar-refractivity contribution >= 4 is 17.8 Å². The SMILES string of the molecule is CCOC(=O)/C(C)=C/[C@H](C(C)C)N(C)C(=O)[C@@H](NC(=O)C(CC)(CC)NC(C)C)C(C)C. The highest BCUT2D eigenvalue weighted by Gasteiger charge is 2.39. The van der Waals surface area contributed by atoms with Crippen molar-refractivity contribution in [2.75, 3.05) is 13.7 Å². The Bertz CT molecular complexity index is 652. The first-order valence-electron chi connectivity index (χ1n) is 12.0. The van der Waals surface area contributed by atoms with Gasteiger partial charge in [-0.2, -0.15) is 0 Å². The Morgan fingerprint density at radius 1 is 0.969 bits per heavy atom. The van der Waals surface area contributed by atoms with E-state index in [1.807, 2.05) is 55.4 Å². The van der Waals surface area contributed by atoms with Crippen molar-refractivity contribution in [3.8, 4) is 0 Å². The highest BCUT2D eigenvalue weighted by Crippen LogP contribution is 2.20. The van der Waals surface area contributed by atoms with E-state index in [1.54, 1.807) is 31.9 Å². The van der Waals surface area contributed by atoms with Gasteiger partial charge in [0, 0.05) is 18.7 Å². The van der Waals surface area contributed by atoms with Crippen LogP contribution in [0.5, 0.6) is 0 Å². The van der Waals surface area contributed by atoms with Crippen molar-refractivity contribution in [2.45, 2.75) is 106 Å². The Hall–Kier alpha value is -1.89. The second-order valence-electron chi connectivity index (χ2n) is 9.54. The molecule has 32 heavy (non-hydrogen) atoms. The van der Waals surface area contributed by atoms with Crippen molar-refractivity contribution < 1.29 is 19.1 Å². The molecule has 2 amide bonds. The number of ether oxygens (including phenoxy) is 1. The molecule has 0 aliphatic carbocycles. The molecule has 0 aromatic rings. The number of hydrogen-bond acceptors (Lipinski definition) is 5. The van der Waals surface area contributed by atoms with Crippen molar-refractivity contribution in [2.24, 2.45) is 11.8 Å². The van der Waals surface area contributed by atoms with E-state index in [0.717, 1.165) is 0 Å². The second-order valence-corrected chi connectivity index (χ2v) is 9.54. The number of carbonyl (C=O) groups is 3. The number of esters is 1. The van der Waals surface area contributed by atoms with Gasteiger partial charge in [0.15, 0.2) is 0 Å². The van der Waals surface area contributed by atoms with E-state index in [-0.39, 0.29) is 41.7 Å². The van der Waals surface area contributed by atoms with Gasteiger partial charge in [0.05, 0.1) is 18.2 Å². The molecule has 0 fully saturated rings. The Morgan fingerprint density at radius 2 is 1.50 bits per heavy atom. The molecule has 7 heteroatoms. The van der Waals surface area contributed by atoms with Gasteiger partial charge < -0.3 is 20.3 Å².